The van der Waals surface area contributed by atoms with Crippen molar-refractivity contribution in [2.75, 3.05) is 45.9 Å². The van der Waals surface area contributed by atoms with Crippen LogP contribution in [-0.4, -0.2) is 90.0 Å². The standard InChI is InChI=1S/C31H33FN4O5.CH2O2/c32-22-11-9-21(10-12-22)29(38)36-17-24-23-5-1-7-26-28(23)41-20-31(24,19-36)18-34-27(37)8-3-14-35(15-4-16-40-26)30(39)25-6-2-13-33-25;2-1-3/h1-2,5-7,9-13,24,33H,3-4,8,14-20H2,(H,34,37);1H,(H,2,3)/t24-,31+;/m0./s1. The summed E-state index contributed by atoms with van der Waals surface area (Å²) in [5.41, 5.74) is 1.33. The number of halogens is 1. The molecule has 12 heteroatoms. The van der Waals surface area contributed by atoms with Gasteiger partial charge in [0, 0.05) is 67.8 Å². The van der Waals surface area contributed by atoms with Crippen LogP contribution in [0.25, 0.3) is 0 Å². The van der Waals surface area contributed by atoms with Gasteiger partial charge in [-0.15, -0.1) is 0 Å². The number of hydrogen-bond acceptors (Lipinski definition) is 6. The van der Waals surface area contributed by atoms with Crippen LogP contribution in [0.3, 0.4) is 0 Å². The molecule has 44 heavy (non-hydrogen) atoms. The molecule has 1 saturated heterocycles. The van der Waals surface area contributed by atoms with Gasteiger partial charge in [0.1, 0.15) is 11.5 Å². The predicted molar refractivity (Wildman–Crippen MR) is 157 cm³/mol. The number of ether oxygens (including phenoxy) is 2. The van der Waals surface area contributed by atoms with E-state index in [-0.39, 0.29) is 36.5 Å². The molecule has 1 spiro atoms. The monoisotopic (exact) mass is 606 g/mol. The van der Waals surface area contributed by atoms with Crippen molar-refractivity contribution >= 4 is 24.2 Å². The van der Waals surface area contributed by atoms with Crippen LogP contribution in [0.2, 0.25) is 0 Å². The van der Waals surface area contributed by atoms with Crippen LogP contribution in [0.1, 0.15) is 51.6 Å². The maximum atomic E-state index is 13.5. The van der Waals surface area contributed by atoms with Crippen molar-refractivity contribution in [1.82, 2.24) is 20.1 Å². The minimum absolute atomic E-state index is 0.0821. The molecule has 0 saturated carbocycles. The van der Waals surface area contributed by atoms with E-state index in [0.29, 0.717) is 81.5 Å². The van der Waals surface area contributed by atoms with Crippen LogP contribution in [-0.2, 0) is 9.59 Å². The molecule has 232 valence electrons. The molecule has 3 aromatic rings. The SMILES string of the molecule is O=C1CCCN(C(=O)c2ccc[nH]2)CCCOc2cccc3c2OC[C@@]2(CN1)CN(C(=O)c1ccc(F)cc1)C[C@@H]32.O=CO. The molecule has 2 atom stereocenters. The first-order valence-electron chi connectivity index (χ1n) is 14.6. The second kappa shape index (κ2) is 13.6. The number of fused-ring (bicyclic) bond motifs is 11. The molecule has 5 heterocycles. The van der Waals surface area contributed by atoms with E-state index in [4.69, 9.17) is 19.4 Å². The van der Waals surface area contributed by atoms with Crippen molar-refractivity contribution in [3.8, 4) is 11.5 Å². The molecular weight excluding hydrogens is 571 g/mol. The molecule has 1 fully saturated rings. The zero-order valence-electron chi connectivity index (χ0n) is 24.2. The Kier molecular flexibility index (Phi) is 9.47. The maximum absolute atomic E-state index is 13.5. The second-order valence-corrected chi connectivity index (χ2v) is 11.1. The van der Waals surface area contributed by atoms with Gasteiger partial charge in [0.05, 0.1) is 13.2 Å². The molecule has 4 aliphatic rings. The number of aromatic nitrogens is 1. The fourth-order valence-electron chi connectivity index (χ4n) is 6.17. The van der Waals surface area contributed by atoms with Crippen molar-refractivity contribution in [1.29, 1.82) is 0 Å². The summed E-state index contributed by atoms with van der Waals surface area (Å²) in [5, 5.41) is 9.98. The average molecular weight is 607 g/mol. The van der Waals surface area contributed by atoms with Gasteiger partial charge < -0.3 is 34.7 Å². The number of H-pyrrole nitrogens is 1. The number of aromatic amines is 1. The van der Waals surface area contributed by atoms with Crippen LogP contribution in [0.5, 0.6) is 11.5 Å². The number of para-hydroxylation sites is 1. The Labute approximate surface area is 253 Å². The van der Waals surface area contributed by atoms with Crippen molar-refractivity contribution in [2.24, 2.45) is 5.41 Å². The molecule has 0 radical (unpaired) electrons. The van der Waals surface area contributed by atoms with E-state index in [0.717, 1.165) is 5.56 Å². The van der Waals surface area contributed by atoms with Gasteiger partial charge >= 0.3 is 0 Å². The Morgan fingerprint density at radius 3 is 2.52 bits per heavy atom. The average Bonchev–Trinajstić information content (AvgIpc) is 3.70. The van der Waals surface area contributed by atoms with Crippen LogP contribution < -0.4 is 14.8 Å². The van der Waals surface area contributed by atoms with Gasteiger partial charge in [-0.05, 0) is 55.3 Å². The second-order valence-electron chi connectivity index (χ2n) is 11.1. The third-order valence-electron chi connectivity index (χ3n) is 8.33. The highest BCUT2D eigenvalue weighted by Gasteiger charge is 2.53. The van der Waals surface area contributed by atoms with Crippen molar-refractivity contribution in [3.05, 3.63) is 83.4 Å². The first-order chi connectivity index (χ1) is 21.3. The quantitative estimate of drug-likeness (QED) is 0.380. The normalized spacial score (nSPS) is 21.6. The largest absolute Gasteiger partial charge is 0.490 e. The summed E-state index contributed by atoms with van der Waals surface area (Å²) in [7, 11) is 0. The number of carbonyl (C=O) groups excluding carboxylic acids is 3. The van der Waals surface area contributed by atoms with Crippen molar-refractivity contribution < 1.29 is 38.1 Å². The molecule has 0 unspecified atom stereocenters. The lowest BCUT2D eigenvalue weighted by Gasteiger charge is -2.40. The third-order valence-corrected chi connectivity index (χ3v) is 8.33. The zero-order valence-corrected chi connectivity index (χ0v) is 24.2. The Balaban J connectivity index is 0.00000123. The Bertz CT molecular complexity index is 1480. The zero-order chi connectivity index (χ0) is 31.1. The first-order valence-corrected chi connectivity index (χ1v) is 14.6. The summed E-state index contributed by atoms with van der Waals surface area (Å²) < 4.78 is 26.0. The van der Waals surface area contributed by atoms with E-state index in [1.807, 2.05) is 18.2 Å². The molecule has 1 aromatic heterocycles. The Morgan fingerprint density at radius 1 is 1.00 bits per heavy atom. The van der Waals surface area contributed by atoms with Crippen LogP contribution in [0.4, 0.5) is 4.39 Å². The Morgan fingerprint density at radius 2 is 1.77 bits per heavy atom. The number of rotatable bonds is 2. The molecule has 11 nitrogen and oxygen atoms in total. The van der Waals surface area contributed by atoms with Gasteiger partial charge in [0.25, 0.3) is 18.3 Å². The molecule has 7 rings (SSSR count). The van der Waals surface area contributed by atoms with Crippen LogP contribution in [0.15, 0.2) is 60.8 Å². The fraction of sp³-hybridized carbons (Fsp3) is 0.375. The highest BCUT2D eigenvalue weighted by atomic mass is 19.1. The molecule has 4 bridgehead atoms. The molecule has 0 aliphatic carbocycles. The smallest absolute Gasteiger partial charge is 0.290 e. The van der Waals surface area contributed by atoms with Gasteiger partial charge in [0.15, 0.2) is 11.5 Å². The topological polar surface area (TPSA) is 141 Å². The van der Waals surface area contributed by atoms with Crippen LogP contribution in [0, 0.1) is 11.2 Å². The van der Waals surface area contributed by atoms with E-state index in [2.05, 4.69) is 10.3 Å². The lowest BCUT2D eigenvalue weighted by molar-refractivity contribution is -0.123. The van der Waals surface area contributed by atoms with Gasteiger partial charge in [0.2, 0.25) is 5.91 Å². The number of carbonyl (C=O) groups is 4. The number of benzene rings is 2. The van der Waals surface area contributed by atoms with Crippen molar-refractivity contribution in [2.45, 2.75) is 25.2 Å². The minimum Gasteiger partial charge on any atom is -0.490 e. The highest BCUT2D eigenvalue weighted by Crippen LogP contribution is 2.52. The molecule has 3 amide bonds. The third kappa shape index (κ3) is 6.53. The van der Waals surface area contributed by atoms with E-state index in [1.165, 1.54) is 24.3 Å². The highest BCUT2D eigenvalue weighted by molar-refractivity contribution is 5.94. The summed E-state index contributed by atoms with van der Waals surface area (Å²) in [6.07, 6.45) is 3.11. The van der Waals surface area contributed by atoms with E-state index < -0.39 is 11.2 Å². The van der Waals surface area contributed by atoms with Crippen LogP contribution >= 0.6 is 0 Å². The molecule has 4 aliphatic heterocycles. The lowest BCUT2D eigenvalue weighted by atomic mass is 9.73. The number of nitrogens with one attached hydrogen (secondary N) is 2. The predicted octanol–water partition coefficient (Wildman–Crippen LogP) is 3.29. The van der Waals surface area contributed by atoms with E-state index in [9.17, 15) is 18.8 Å². The van der Waals surface area contributed by atoms with Crippen molar-refractivity contribution in [3.63, 3.8) is 0 Å². The van der Waals surface area contributed by atoms with E-state index in [1.54, 1.807) is 28.1 Å². The molecule has 3 N–H and O–H groups in total. The number of likely N-dealkylation sites (tertiary alicyclic amines) is 1. The number of amides is 3. The van der Waals surface area contributed by atoms with E-state index >= 15 is 0 Å². The van der Waals surface area contributed by atoms with Gasteiger partial charge in [-0.1, -0.05) is 12.1 Å². The maximum Gasteiger partial charge on any atom is 0.290 e. The number of nitrogens with zero attached hydrogens (tertiary/aromatic N) is 2. The molecule has 2 aromatic carbocycles. The summed E-state index contributed by atoms with van der Waals surface area (Å²) in [6, 6.07) is 14.9. The minimum atomic E-state index is -0.538. The van der Waals surface area contributed by atoms with Gasteiger partial charge in [-0.2, -0.15) is 0 Å². The fourth-order valence-corrected chi connectivity index (χ4v) is 6.17. The summed E-state index contributed by atoms with van der Waals surface area (Å²) in [4.78, 5) is 54.3. The first kappa shape index (κ1) is 30.6. The Hall–Kier alpha value is -4.87. The summed E-state index contributed by atoms with van der Waals surface area (Å²) >= 11 is 0. The molecular formula is C32H35FN4O7. The van der Waals surface area contributed by atoms with Gasteiger partial charge in [-0.3, -0.25) is 19.2 Å². The number of carboxylic acid groups (broad SMARTS) is 1. The summed E-state index contributed by atoms with van der Waals surface area (Å²) in [5.74, 6) is 0.398. The lowest BCUT2D eigenvalue weighted by Crippen LogP contribution is -2.48. The number of hydrogen-bond donors (Lipinski definition) is 3. The van der Waals surface area contributed by atoms with Gasteiger partial charge in [-0.25, -0.2) is 4.39 Å². The summed E-state index contributed by atoms with van der Waals surface area (Å²) in [6.45, 7) is 2.55.